The number of nitrogens with zero attached hydrogens (tertiary/aromatic N) is 1. The van der Waals surface area contributed by atoms with Crippen LogP contribution in [-0.4, -0.2) is 40.9 Å². The molecular formula is C14H20N2O4. The van der Waals surface area contributed by atoms with E-state index >= 15 is 0 Å². The molecule has 1 rings (SSSR count). The lowest BCUT2D eigenvalue weighted by atomic mass is 10.1. The Morgan fingerprint density at radius 2 is 1.75 bits per heavy atom. The second kappa shape index (κ2) is 6.38. The number of hydrogen-bond donors (Lipinski definition) is 3. The van der Waals surface area contributed by atoms with Crippen LogP contribution in [0.15, 0.2) is 24.3 Å². The van der Waals surface area contributed by atoms with Crippen molar-refractivity contribution >= 4 is 17.7 Å². The third-order valence-corrected chi connectivity index (χ3v) is 2.48. The van der Waals surface area contributed by atoms with E-state index in [0.29, 0.717) is 5.69 Å². The lowest BCUT2D eigenvalue weighted by Gasteiger charge is -2.28. The summed E-state index contributed by atoms with van der Waals surface area (Å²) in [5, 5.41) is 20.7. The first kappa shape index (κ1) is 16.0. The minimum absolute atomic E-state index is 0.133. The van der Waals surface area contributed by atoms with Crippen LogP contribution in [0.4, 0.5) is 10.5 Å². The van der Waals surface area contributed by atoms with Crippen LogP contribution in [0.25, 0.3) is 0 Å². The highest BCUT2D eigenvalue weighted by atomic mass is 16.4. The maximum absolute atomic E-state index is 12.2. The van der Waals surface area contributed by atoms with Crippen molar-refractivity contribution in [2.75, 3.05) is 18.1 Å². The monoisotopic (exact) mass is 280 g/mol. The summed E-state index contributed by atoms with van der Waals surface area (Å²) in [7, 11) is 0. The van der Waals surface area contributed by atoms with Crippen LogP contribution in [0.5, 0.6) is 0 Å². The maximum atomic E-state index is 12.2. The molecule has 6 heteroatoms. The third-order valence-electron chi connectivity index (χ3n) is 2.48. The molecule has 0 aromatic heterocycles. The average Bonchev–Trinajstić information content (AvgIpc) is 2.34. The lowest BCUT2D eigenvalue weighted by Crippen LogP contribution is -2.49. The van der Waals surface area contributed by atoms with Crippen LogP contribution >= 0.6 is 0 Å². The highest BCUT2D eigenvalue weighted by molar-refractivity contribution is 5.93. The van der Waals surface area contributed by atoms with E-state index in [9.17, 15) is 9.59 Å². The highest BCUT2D eigenvalue weighted by Crippen LogP contribution is 2.16. The summed E-state index contributed by atoms with van der Waals surface area (Å²) in [5.41, 5.74) is 0.283. The number of rotatable bonds is 4. The predicted octanol–water partition coefficient (Wildman–Crippen LogP) is 1.69. The molecule has 6 nitrogen and oxygen atoms in total. The van der Waals surface area contributed by atoms with Crippen molar-refractivity contribution in [2.24, 2.45) is 0 Å². The van der Waals surface area contributed by atoms with Crippen molar-refractivity contribution in [2.45, 2.75) is 26.3 Å². The minimum atomic E-state index is -1.02. The number of urea groups is 1. The molecule has 3 N–H and O–H groups in total. The Labute approximate surface area is 118 Å². The SMILES string of the molecule is CC(C)(C)NC(=O)N(CCO)c1ccc(C(=O)O)cc1. The van der Waals surface area contributed by atoms with E-state index in [1.807, 2.05) is 20.8 Å². The van der Waals surface area contributed by atoms with Gasteiger partial charge in [0.15, 0.2) is 0 Å². The number of anilines is 1. The smallest absolute Gasteiger partial charge is 0.335 e. The van der Waals surface area contributed by atoms with Gasteiger partial charge in [-0.2, -0.15) is 0 Å². The van der Waals surface area contributed by atoms with Gasteiger partial charge in [0, 0.05) is 11.2 Å². The number of carbonyl (C=O) groups excluding carboxylic acids is 1. The normalized spacial score (nSPS) is 11.0. The van der Waals surface area contributed by atoms with Gasteiger partial charge in [-0.15, -0.1) is 0 Å². The van der Waals surface area contributed by atoms with Gasteiger partial charge >= 0.3 is 12.0 Å². The molecule has 0 aliphatic heterocycles. The first-order valence-electron chi connectivity index (χ1n) is 6.28. The second-order valence-electron chi connectivity index (χ2n) is 5.41. The van der Waals surface area contributed by atoms with Crippen LogP contribution in [0, 0.1) is 0 Å². The summed E-state index contributed by atoms with van der Waals surface area (Å²) in [4.78, 5) is 24.3. The number of carboxylic acid groups (broad SMARTS) is 1. The minimum Gasteiger partial charge on any atom is -0.478 e. The Morgan fingerprint density at radius 1 is 1.20 bits per heavy atom. The van der Waals surface area contributed by atoms with Gasteiger partial charge in [-0.1, -0.05) is 0 Å². The lowest BCUT2D eigenvalue weighted by molar-refractivity contribution is 0.0697. The molecule has 0 heterocycles. The Bertz CT molecular complexity index is 477. The number of aromatic carboxylic acids is 1. The summed E-state index contributed by atoms with van der Waals surface area (Å²) in [6, 6.07) is 5.59. The van der Waals surface area contributed by atoms with E-state index in [1.54, 1.807) is 12.1 Å². The van der Waals surface area contributed by atoms with Crippen molar-refractivity contribution in [1.82, 2.24) is 5.32 Å². The molecule has 1 aromatic carbocycles. The summed E-state index contributed by atoms with van der Waals surface area (Å²) in [6.07, 6.45) is 0. The number of hydrogen-bond acceptors (Lipinski definition) is 3. The van der Waals surface area contributed by atoms with E-state index < -0.39 is 11.5 Å². The molecule has 0 radical (unpaired) electrons. The van der Waals surface area contributed by atoms with E-state index in [2.05, 4.69) is 5.32 Å². The quantitative estimate of drug-likeness (QED) is 0.783. The van der Waals surface area contributed by atoms with Crippen LogP contribution in [-0.2, 0) is 0 Å². The molecule has 0 saturated carbocycles. The predicted molar refractivity (Wildman–Crippen MR) is 76.1 cm³/mol. The second-order valence-corrected chi connectivity index (χ2v) is 5.41. The van der Waals surface area contributed by atoms with E-state index in [0.717, 1.165) is 0 Å². The fourth-order valence-corrected chi connectivity index (χ4v) is 1.62. The molecule has 20 heavy (non-hydrogen) atoms. The van der Waals surface area contributed by atoms with Crippen molar-refractivity contribution in [3.63, 3.8) is 0 Å². The summed E-state index contributed by atoms with van der Waals surface area (Å²) in [5.74, 6) is -1.02. The number of aliphatic hydroxyl groups excluding tert-OH is 1. The van der Waals surface area contributed by atoms with Gasteiger partial charge in [-0.25, -0.2) is 9.59 Å². The molecule has 0 fully saturated rings. The first-order valence-corrected chi connectivity index (χ1v) is 6.28. The van der Waals surface area contributed by atoms with Crippen LogP contribution < -0.4 is 10.2 Å². The van der Waals surface area contributed by atoms with Crippen LogP contribution in [0.1, 0.15) is 31.1 Å². The Morgan fingerprint density at radius 3 is 2.15 bits per heavy atom. The maximum Gasteiger partial charge on any atom is 0.335 e. The van der Waals surface area contributed by atoms with Gasteiger partial charge < -0.3 is 15.5 Å². The Hall–Kier alpha value is -2.08. The highest BCUT2D eigenvalue weighted by Gasteiger charge is 2.20. The molecular weight excluding hydrogens is 260 g/mol. The molecule has 0 saturated heterocycles. The fourth-order valence-electron chi connectivity index (χ4n) is 1.62. The van der Waals surface area contributed by atoms with Gasteiger partial charge in [-0.3, -0.25) is 4.90 Å². The molecule has 0 aliphatic carbocycles. The van der Waals surface area contributed by atoms with Gasteiger partial charge in [0.05, 0.1) is 18.7 Å². The number of carbonyl (C=O) groups is 2. The van der Waals surface area contributed by atoms with E-state index in [1.165, 1.54) is 17.0 Å². The number of benzene rings is 1. The zero-order valence-electron chi connectivity index (χ0n) is 11.9. The van der Waals surface area contributed by atoms with Gasteiger partial charge in [0.1, 0.15) is 0 Å². The summed E-state index contributed by atoms with van der Waals surface area (Å²) < 4.78 is 0. The fraction of sp³-hybridized carbons (Fsp3) is 0.429. The third kappa shape index (κ3) is 4.55. The summed E-state index contributed by atoms with van der Waals surface area (Å²) >= 11 is 0. The van der Waals surface area contributed by atoms with Gasteiger partial charge in [-0.05, 0) is 45.0 Å². The molecule has 110 valence electrons. The van der Waals surface area contributed by atoms with Crippen LogP contribution in [0.2, 0.25) is 0 Å². The zero-order chi connectivity index (χ0) is 15.3. The Kier molecular flexibility index (Phi) is 5.10. The molecule has 0 atom stereocenters. The molecule has 1 aromatic rings. The molecule has 0 bridgehead atoms. The topological polar surface area (TPSA) is 89.9 Å². The van der Waals surface area contributed by atoms with Crippen molar-refractivity contribution in [3.8, 4) is 0 Å². The van der Waals surface area contributed by atoms with Crippen molar-refractivity contribution < 1.29 is 19.8 Å². The Balaban J connectivity index is 2.95. The number of carboxylic acids is 1. The standard InChI is InChI=1S/C14H20N2O4/c1-14(2,3)15-13(20)16(8-9-17)11-6-4-10(5-7-11)12(18)19/h4-7,17H,8-9H2,1-3H3,(H,15,20)(H,18,19). The number of aliphatic hydroxyl groups is 1. The average molecular weight is 280 g/mol. The first-order chi connectivity index (χ1) is 9.24. The molecule has 0 unspecified atom stereocenters. The molecule has 0 aliphatic rings. The zero-order valence-corrected chi connectivity index (χ0v) is 11.9. The van der Waals surface area contributed by atoms with Gasteiger partial charge in [0.25, 0.3) is 0 Å². The molecule has 2 amide bonds. The van der Waals surface area contributed by atoms with Crippen LogP contribution in [0.3, 0.4) is 0 Å². The van der Waals surface area contributed by atoms with E-state index in [-0.39, 0.29) is 24.7 Å². The van der Waals surface area contributed by atoms with E-state index in [4.69, 9.17) is 10.2 Å². The largest absolute Gasteiger partial charge is 0.478 e. The molecule has 0 spiro atoms. The van der Waals surface area contributed by atoms with Crippen molar-refractivity contribution in [3.05, 3.63) is 29.8 Å². The summed E-state index contributed by atoms with van der Waals surface area (Å²) in [6.45, 7) is 5.52. The number of nitrogens with one attached hydrogen (secondary N) is 1. The number of amides is 2. The van der Waals surface area contributed by atoms with Crippen molar-refractivity contribution in [1.29, 1.82) is 0 Å². The van der Waals surface area contributed by atoms with Gasteiger partial charge in [0.2, 0.25) is 0 Å².